The first-order valence-corrected chi connectivity index (χ1v) is 6.29. The van der Waals surface area contributed by atoms with Crippen LogP contribution in [-0.4, -0.2) is 21.2 Å². The summed E-state index contributed by atoms with van der Waals surface area (Å²) in [5.74, 6) is -1.17. The molecule has 0 aliphatic rings. The molecular formula is C11H10F3NO4S. The van der Waals surface area contributed by atoms with E-state index in [1.165, 1.54) is 0 Å². The molecule has 1 aromatic carbocycles. The second kappa shape index (κ2) is 6.12. The van der Waals surface area contributed by atoms with Crippen LogP contribution in [0.1, 0.15) is 18.9 Å². The van der Waals surface area contributed by atoms with E-state index in [2.05, 4.69) is 0 Å². The third-order valence-corrected chi connectivity index (χ3v) is 3.82. The molecule has 1 N–H and O–H groups in total. The van der Waals surface area contributed by atoms with E-state index < -0.39 is 33.6 Å². The Labute approximate surface area is 115 Å². The van der Waals surface area contributed by atoms with E-state index >= 15 is 0 Å². The number of carbonyl (C=O) groups is 1. The number of hydrogen-bond donors (Lipinski definition) is 1. The highest BCUT2D eigenvalue weighted by Gasteiger charge is 2.33. The Morgan fingerprint density at radius 3 is 2.50 bits per heavy atom. The number of carboxylic acid groups (broad SMARTS) is 1. The van der Waals surface area contributed by atoms with Crippen LogP contribution in [0.5, 0.6) is 0 Å². The zero-order valence-corrected chi connectivity index (χ0v) is 11.0. The Hall–Kier alpha value is -1.77. The van der Waals surface area contributed by atoms with E-state index in [0.29, 0.717) is 23.9 Å². The number of nitro benzene ring substituents is 1. The lowest BCUT2D eigenvalue weighted by molar-refractivity contribution is -0.388. The summed E-state index contributed by atoms with van der Waals surface area (Å²) >= 11 is 0.663. The number of nitro groups is 1. The van der Waals surface area contributed by atoms with Crippen LogP contribution in [0, 0.1) is 10.1 Å². The minimum absolute atomic E-state index is 0.0998. The standard InChI is InChI=1S/C11H10F3NO4S/c1-2-8(10(16)17)20-9-4-3-6(11(12,13)14)5-7(9)15(18)19/h3-5,8H,2H2,1H3,(H,16,17). The predicted molar refractivity (Wildman–Crippen MR) is 65.7 cm³/mol. The molecule has 0 radical (unpaired) electrons. The molecule has 0 amide bonds. The number of thioether (sulfide) groups is 1. The lowest BCUT2D eigenvalue weighted by atomic mass is 10.2. The molecule has 0 aliphatic heterocycles. The molecule has 1 rings (SSSR count). The molecule has 0 aliphatic carbocycles. The second-order valence-corrected chi connectivity index (χ2v) is 5.03. The zero-order valence-electron chi connectivity index (χ0n) is 10.2. The van der Waals surface area contributed by atoms with Crippen molar-refractivity contribution < 1.29 is 28.0 Å². The van der Waals surface area contributed by atoms with Crippen molar-refractivity contribution in [1.29, 1.82) is 0 Å². The molecule has 5 nitrogen and oxygen atoms in total. The SMILES string of the molecule is CCC(Sc1ccc(C(F)(F)F)cc1[N+](=O)[O-])C(=O)O. The lowest BCUT2D eigenvalue weighted by Gasteiger charge is -2.11. The van der Waals surface area contributed by atoms with Crippen LogP contribution >= 0.6 is 11.8 Å². The van der Waals surface area contributed by atoms with Crippen LogP contribution in [0.4, 0.5) is 18.9 Å². The second-order valence-electron chi connectivity index (χ2n) is 3.79. The van der Waals surface area contributed by atoms with Crippen molar-refractivity contribution in [1.82, 2.24) is 0 Å². The van der Waals surface area contributed by atoms with Gasteiger partial charge in [-0.05, 0) is 18.6 Å². The third kappa shape index (κ3) is 3.86. The van der Waals surface area contributed by atoms with Gasteiger partial charge in [-0.1, -0.05) is 6.92 Å². The Kier molecular flexibility index (Phi) is 4.98. The molecule has 1 aromatic rings. The number of nitrogens with zero attached hydrogens (tertiary/aromatic N) is 1. The van der Waals surface area contributed by atoms with Gasteiger partial charge in [0.2, 0.25) is 0 Å². The summed E-state index contributed by atoms with van der Waals surface area (Å²) in [4.78, 5) is 20.6. The van der Waals surface area contributed by atoms with E-state index in [9.17, 15) is 28.1 Å². The fraction of sp³-hybridized carbons (Fsp3) is 0.364. The topological polar surface area (TPSA) is 80.4 Å². The van der Waals surface area contributed by atoms with Crippen LogP contribution < -0.4 is 0 Å². The van der Waals surface area contributed by atoms with Crippen LogP contribution in [-0.2, 0) is 11.0 Å². The first kappa shape index (κ1) is 16.3. The van der Waals surface area contributed by atoms with Crippen molar-refractivity contribution in [3.05, 3.63) is 33.9 Å². The maximum absolute atomic E-state index is 12.5. The Morgan fingerprint density at radius 2 is 2.10 bits per heavy atom. The molecule has 0 aromatic heterocycles. The molecule has 1 atom stereocenters. The van der Waals surface area contributed by atoms with E-state index in [1.807, 2.05) is 0 Å². The van der Waals surface area contributed by atoms with Gasteiger partial charge in [-0.2, -0.15) is 13.2 Å². The molecule has 0 saturated carbocycles. The van der Waals surface area contributed by atoms with Gasteiger partial charge in [0.25, 0.3) is 5.69 Å². The first-order valence-electron chi connectivity index (χ1n) is 5.42. The van der Waals surface area contributed by atoms with Crippen molar-refractivity contribution in [3.8, 4) is 0 Å². The number of rotatable bonds is 5. The molecule has 110 valence electrons. The van der Waals surface area contributed by atoms with Crippen LogP contribution in [0.3, 0.4) is 0 Å². The van der Waals surface area contributed by atoms with Gasteiger partial charge in [0, 0.05) is 6.07 Å². The average molecular weight is 309 g/mol. The summed E-state index contributed by atoms with van der Waals surface area (Å²) in [6.07, 6.45) is -4.50. The highest BCUT2D eigenvalue weighted by molar-refractivity contribution is 8.00. The van der Waals surface area contributed by atoms with Gasteiger partial charge >= 0.3 is 12.1 Å². The van der Waals surface area contributed by atoms with Gasteiger partial charge in [-0.25, -0.2) is 0 Å². The lowest BCUT2D eigenvalue weighted by Crippen LogP contribution is -2.15. The van der Waals surface area contributed by atoms with Crippen molar-refractivity contribution in [3.63, 3.8) is 0 Å². The van der Waals surface area contributed by atoms with Crippen molar-refractivity contribution in [2.45, 2.75) is 29.7 Å². The molecule has 20 heavy (non-hydrogen) atoms. The Morgan fingerprint density at radius 1 is 1.50 bits per heavy atom. The number of halogens is 3. The maximum atomic E-state index is 12.5. The first-order chi connectivity index (χ1) is 9.16. The predicted octanol–water partition coefficient (Wildman–Crippen LogP) is 3.57. The largest absolute Gasteiger partial charge is 0.480 e. The molecule has 0 bridgehead atoms. The molecule has 0 heterocycles. The van der Waals surface area contributed by atoms with Gasteiger partial charge in [0.1, 0.15) is 5.25 Å². The Balaban J connectivity index is 3.21. The minimum Gasteiger partial charge on any atom is -0.480 e. The monoisotopic (exact) mass is 309 g/mol. The number of hydrogen-bond acceptors (Lipinski definition) is 4. The van der Waals surface area contributed by atoms with Crippen molar-refractivity contribution in [2.75, 3.05) is 0 Å². The quantitative estimate of drug-likeness (QED) is 0.511. The molecule has 0 saturated heterocycles. The van der Waals surface area contributed by atoms with E-state index in [4.69, 9.17) is 5.11 Å². The zero-order chi connectivity index (χ0) is 15.5. The normalized spacial score (nSPS) is 13.0. The highest BCUT2D eigenvalue weighted by atomic mass is 32.2. The smallest absolute Gasteiger partial charge is 0.416 e. The molecule has 1 unspecified atom stereocenters. The average Bonchev–Trinajstić information content (AvgIpc) is 2.34. The number of benzene rings is 1. The fourth-order valence-corrected chi connectivity index (χ4v) is 2.37. The van der Waals surface area contributed by atoms with Gasteiger partial charge in [-0.3, -0.25) is 14.9 Å². The number of carboxylic acids is 1. The van der Waals surface area contributed by atoms with Crippen molar-refractivity contribution in [2.24, 2.45) is 0 Å². The summed E-state index contributed by atoms with van der Waals surface area (Å²) < 4.78 is 37.5. The van der Waals surface area contributed by atoms with Gasteiger partial charge < -0.3 is 5.11 Å². The Bertz CT molecular complexity index is 533. The molecule has 0 spiro atoms. The minimum atomic E-state index is -4.69. The summed E-state index contributed by atoms with van der Waals surface area (Å²) in [5.41, 5.74) is -1.89. The molecule has 9 heteroatoms. The number of aliphatic carboxylic acids is 1. The summed E-state index contributed by atoms with van der Waals surface area (Å²) in [5, 5.41) is 18.7. The third-order valence-electron chi connectivity index (χ3n) is 2.40. The summed E-state index contributed by atoms with van der Waals surface area (Å²) in [7, 11) is 0. The maximum Gasteiger partial charge on any atom is 0.416 e. The molecule has 0 fully saturated rings. The fourth-order valence-electron chi connectivity index (χ4n) is 1.40. The van der Waals surface area contributed by atoms with E-state index in [0.717, 1.165) is 6.07 Å². The van der Waals surface area contributed by atoms with Crippen LogP contribution in [0.25, 0.3) is 0 Å². The van der Waals surface area contributed by atoms with E-state index in [-0.39, 0.29) is 11.3 Å². The van der Waals surface area contributed by atoms with Gasteiger partial charge in [0.05, 0.1) is 15.4 Å². The number of alkyl halides is 3. The van der Waals surface area contributed by atoms with E-state index in [1.54, 1.807) is 6.92 Å². The summed E-state index contributed by atoms with van der Waals surface area (Å²) in [6, 6.07) is 2.04. The summed E-state index contributed by atoms with van der Waals surface area (Å²) in [6.45, 7) is 1.57. The highest BCUT2D eigenvalue weighted by Crippen LogP contribution is 2.38. The van der Waals surface area contributed by atoms with Crippen LogP contribution in [0.15, 0.2) is 23.1 Å². The van der Waals surface area contributed by atoms with Crippen molar-refractivity contribution >= 4 is 23.4 Å². The van der Waals surface area contributed by atoms with Gasteiger partial charge in [-0.15, -0.1) is 11.8 Å². The van der Waals surface area contributed by atoms with Gasteiger partial charge in [0.15, 0.2) is 0 Å². The van der Waals surface area contributed by atoms with Crippen LogP contribution in [0.2, 0.25) is 0 Å². The molecular weight excluding hydrogens is 299 g/mol.